The van der Waals surface area contributed by atoms with E-state index in [1.807, 2.05) is 0 Å². The highest BCUT2D eigenvalue weighted by molar-refractivity contribution is 7.92. The van der Waals surface area contributed by atoms with Crippen molar-refractivity contribution in [2.75, 3.05) is 11.3 Å². The van der Waals surface area contributed by atoms with Crippen LogP contribution in [0.2, 0.25) is 5.02 Å². The molecule has 0 atom stereocenters. The Kier molecular flexibility index (Phi) is 7.20. The second-order valence-corrected chi connectivity index (χ2v) is 9.38. The normalized spacial score (nSPS) is 14.9. The molecule has 1 fully saturated rings. The minimum atomic E-state index is -4.17. The number of ether oxygens (including phenoxy) is 1. The first kappa shape index (κ1) is 22.4. The number of sulfonamides is 1. The molecule has 1 saturated carbocycles. The Bertz CT molecular complexity index is 1020. The standard InChI is InChI=1S/C21H24ClFN2O4S/c1-14-11-16(22)20(30(27,28)25-18-10-6-5-9-17(18)23)12-19(14)29-13-21(26)24-15-7-3-2-4-8-15/h5-6,9-12,15,25H,2-4,7-8,13H2,1H3,(H,24,26). The van der Waals surface area contributed by atoms with Crippen molar-refractivity contribution in [2.24, 2.45) is 0 Å². The molecule has 2 aromatic rings. The fraction of sp³-hybridized carbons (Fsp3) is 0.381. The molecule has 6 nitrogen and oxygen atoms in total. The van der Waals surface area contributed by atoms with Gasteiger partial charge in [-0.2, -0.15) is 0 Å². The molecule has 2 aromatic carbocycles. The molecule has 0 heterocycles. The predicted octanol–water partition coefficient (Wildman–Crippen LogP) is 4.42. The summed E-state index contributed by atoms with van der Waals surface area (Å²) in [6.45, 7) is 1.46. The zero-order valence-corrected chi connectivity index (χ0v) is 18.2. The number of hydrogen-bond acceptors (Lipinski definition) is 4. The van der Waals surface area contributed by atoms with Crippen molar-refractivity contribution >= 4 is 33.2 Å². The number of benzene rings is 2. The summed E-state index contributed by atoms with van der Waals surface area (Å²) in [5, 5.41) is 2.91. The molecule has 9 heteroatoms. The van der Waals surface area contributed by atoms with Gasteiger partial charge in [-0.25, -0.2) is 12.8 Å². The number of amides is 1. The zero-order chi connectivity index (χ0) is 21.7. The van der Waals surface area contributed by atoms with Crippen molar-refractivity contribution in [2.45, 2.75) is 50.0 Å². The number of aryl methyl sites for hydroxylation is 1. The topological polar surface area (TPSA) is 84.5 Å². The van der Waals surface area contributed by atoms with Crippen LogP contribution in [-0.2, 0) is 14.8 Å². The first-order valence-electron chi connectivity index (χ1n) is 9.76. The van der Waals surface area contributed by atoms with Crippen LogP contribution in [0.1, 0.15) is 37.7 Å². The van der Waals surface area contributed by atoms with E-state index >= 15 is 0 Å². The molecule has 0 saturated heterocycles. The van der Waals surface area contributed by atoms with E-state index in [-0.39, 0.29) is 39.9 Å². The molecule has 30 heavy (non-hydrogen) atoms. The molecule has 1 aliphatic carbocycles. The fourth-order valence-electron chi connectivity index (χ4n) is 3.40. The average Bonchev–Trinajstić information content (AvgIpc) is 2.69. The quantitative estimate of drug-likeness (QED) is 0.648. The van der Waals surface area contributed by atoms with Gasteiger partial charge in [-0.3, -0.25) is 9.52 Å². The largest absolute Gasteiger partial charge is 0.483 e. The Labute approximate surface area is 180 Å². The van der Waals surface area contributed by atoms with Crippen LogP contribution in [0.3, 0.4) is 0 Å². The molecule has 162 valence electrons. The molecule has 1 amide bonds. The van der Waals surface area contributed by atoms with Crippen LogP contribution in [0.4, 0.5) is 10.1 Å². The summed E-state index contributed by atoms with van der Waals surface area (Å²) in [6.07, 6.45) is 5.29. The second kappa shape index (κ2) is 9.66. The summed E-state index contributed by atoms with van der Waals surface area (Å²) in [4.78, 5) is 11.9. The van der Waals surface area contributed by atoms with Crippen molar-refractivity contribution in [3.05, 3.63) is 52.8 Å². The number of anilines is 1. The number of hydrogen-bond donors (Lipinski definition) is 2. The van der Waals surface area contributed by atoms with E-state index < -0.39 is 15.8 Å². The first-order chi connectivity index (χ1) is 14.3. The summed E-state index contributed by atoms with van der Waals surface area (Å²) < 4.78 is 47.1. The van der Waals surface area contributed by atoms with Gasteiger partial charge in [0.2, 0.25) is 0 Å². The van der Waals surface area contributed by atoms with Crippen LogP contribution in [0.15, 0.2) is 41.3 Å². The van der Waals surface area contributed by atoms with E-state index in [1.54, 1.807) is 6.92 Å². The van der Waals surface area contributed by atoms with Crippen LogP contribution in [0, 0.1) is 12.7 Å². The maximum absolute atomic E-state index is 13.9. The van der Waals surface area contributed by atoms with Crippen LogP contribution < -0.4 is 14.8 Å². The van der Waals surface area contributed by atoms with Gasteiger partial charge in [0.1, 0.15) is 16.5 Å². The van der Waals surface area contributed by atoms with E-state index in [2.05, 4.69) is 10.0 Å². The third-order valence-electron chi connectivity index (χ3n) is 4.97. The van der Waals surface area contributed by atoms with Crippen molar-refractivity contribution in [3.8, 4) is 5.75 Å². The van der Waals surface area contributed by atoms with Crippen molar-refractivity contribution in [1.82, 2.24) is 5.32 Å². The smallest absolute Gasteiger partial charge is 0.263 e. The number of para-hydroxylation sites is 1. The maximum Gasteiger partial charge on any atom is 0.263 e. The Hall–Kier alpha value is -2.32. The Morgan fingerprint density at radius 3 is 2.60 bits per heavy atom. The zero-order valence-electron chi connectivity index (χ0n) is 16.6. The SMILES string of the molecule is Cc1cc(Cl)c(S(=O)(=O)Nc2ccccc2F)cc1OCC(=O)NC1CCCCC1. The fourth-order valence-corrected chi connectivity index (χ4v) is 5.06. The Morgan fingerprint density at radius 2 is 1.90 bits per heavy atom. The molecular weight excluding hydrogens is 431 g/mol. The van der Waals surface area contributed by atoms with Gasteiger partial charge in [0.15, 0.2) is 6.61 Å². The van der Waals surface area contributed by atoms with Crippen LogP contribution in [0.5, 0.6) is 5.75 Å². The lowest BCUT2D eigenvalue weighted by Crippen LogP contribution is -2.39. The Morgan fingerprint density at radius 1 is 1.20 bits per heavy atom. The number of carbonyl (C=O) groups is 1. The highest BCUT2D eigenvalue weighted by Gasteiger charge is 2.22. The molecule has 0 aromatic heterocycles. The minimum absolute atomic E-state index is 0.0321. The number of rotatable bonds is 7. The molecular formula is C21H24ClFN2O4S. The number of nitrogens with one attached hydrogen (secondary N) is 2. The molecule has 0 unspecified atom stereocenters. The molecule has 1 aliphatic rings. The van der Waals surface area contributed by atoms with Crippen LogP contribution in [0.25, 0.3) is 0 Å². The number of carbonyl (C=O) groups excluding carboxylic acids is 1. The van der Waals surface area contributed by atoms with E-state index in [0.717, 1.165) is 31.7 Å². The summed E-state index contributed by atoms with van der Waals surface area (Å²) in [5.41, 5.74) is 0.388. The van der Waals surface area contributed by atoms with Gasteiger partial charge in [-0.15, -0.1) is 0 Å². The molecule has 0 spiro atoms. The first-order valence-corrected chi connectivity index (χ1v) is 11.6. The highest BCUT2D eigenvalue weighted by atomic mass is 35.5. The summed E-state index contributed by atoms with van der Waals surface area (Å²) in [6, 6.07) is 8.26. The molecule has 0 radical (unpaired) electrons. The van der Waals surface area contributed by atoms with Gasteiger partial charge < -0.3 is 10.1 Å². The van der Waals surface area contributed by atoms with Gasteiger partial charge in [-0.1, -0.05) is 43.0 Å². The van der Waals surface area contributed by atoms with E-state index in [9.17, 15) is 17.6 Å². The van der Waals surface area contributed by atoms with Crippen molar-refractivity contribution in [3.63, 3.8) is 0 Å². The predicted molar refractivity (Wildman–Crippen MR) is 114 cm³/mol. The van der Waals surface area contributed by atoms with E-state index in [1.165, 1.54) is 36.8 Å². The minimum Gasteiger partial charge on any atom is -0.483 e. The molecule has 3 rings (SSSR count). The van der Waals surface area contributed by atoms with Gasteiger partial charge in [0, 0.05) is 12.1 Å². The van der Waals surface area contributed by atoms with Gasteiger partial charge in [0.25, 0.3) is 15.9 Å². The number of halogens is 2. The lowest BCUT2D eigenvalue weighted by Gasteiger charge is -2.22. The van der Waals surface area contributed by atoms with Gasteiger partial charge >= 0.3 is 0 Å². The third-order valence-corrected chi connectivity index (χ3v) is 6.80. The molecule has 2 N–H and O–H groups in total. The average molecular weight is 455 g/mol. The van der Waals surface area contributed by atoms with Gasteiger partial charge in [0.05, 0.1) is 10.7 Å². The molecule has 0 aliphatic heterocycles. The van der Waals surface area contributed by atoms with Crippen LogP contribution >= 0.6 is 11.6 Å². The van der Waals surface area contributed by atoms with Crippen molar-refractivity contribution < 1.29 is 22.3 Å². The van der Waals surface area contributed by atoms with Crippen molar-refractivity contribution in [1.29, 1.82) is 0 Å². The lowest BCUT2D eigenvalue weighted by atomic mass is 9.95. The highest BCUT2D eigenvalue weighted by Crippen LogP contribution is 2.31. The van der Waals surface area contributed by atoms with E-state index in [4.69, 9.17) is 16.3 Å². The van der Waals surface area contributed by atoms with E-state index in [0.29, 0.717) is 5.56 Å². The molecule has 0 bridgehead atoms. The lowest BCUT2D eigenvalue weighted by molar-refractivity contribution is -0.124. The third kappa shape index (κ3) is 5.64. The maximum atomic E-state index is 13.9. The second-order valence-electron chi connectivity index (χ2n) is 7.32. The Balaban J connectivity index is 1.73. The monoisotopic (exact) mass is 454 g/mol. The summed E-state index contributed by atoms with van der Waals surface area (Å²) >= 11 is 6.14. The summed E-state index contributed by atoms with van der Waals surface area (Å²) in [7, 11) is -4.17. The van der Waals surface area contributed by atoms with Crippen LogP contribution in [-0.4, -0.2) is 27.0 Å². The van der Waals surface area contributed by atoms with Gasteiger partial charge in [-0.05, 0) is 43.5 Å². The summed E-state index contributed by atoms with van der Waals surface area (Å²) in [5.74, 6) is -0.752.